The van der Waals surface area contributed by atoms with Gasteiger partial charge in [0.05, 0.1) is 5.69 Å². The lowest BCUT2D eigenvalue weighted by Crippen LogP contribution is -2.24. The van der Waals surface area contributed by atoms with Gasteiger partial charge in [-0.05, 0) is 12.1 Å². The number of benzene rings is 1. The Morgan fingerprint density at radius 3 is 2.67 bits per heavy atom. The maximum Gasteiger partial charge on any atom is 0.327 e. The van der Waals surface area contributed by atoms with Crippen LogP contribution in [0.5, 0.6) is 0 Å². The quantitative estimate of drug-likeness (QED) is 0.237. The Bertz CT molecular complexity index is 355. The van der Waals surface area contributed by atoms with Gasteiger partial charge in [-0.1, -0.05) is 35.8 Å². The Morgan fingerprint density at radius 2 is 2.07 bits per heavy atom. The normalized spacial score (nSPS) is 10.9. The van der Waals surface area contributed by atoms with E-state index in [1.807, 2.05) is 6.07 Å². The summed E-state index contributed by atoms with van der Waals surface area (Å²) < 4.78 is 0. The third kappa shape index (κ3) is 4.89. The minimum absolute atomic E-state index is 0.233. The first-order chi connectivity index (χ1) is 7.18. The molecule has 0 aliphatic carbocycles. The summed E-state index contributed by atoms with van der Waals surface area (Å²) in [6, 6.07) is 8.66. The number of nitrogens with zero attached hydrogens (tertiary/aromatic N) is 1. The number of rotatable bonds is 3. The number of carbonyl (C=O) groups excluding carboxylic acids is 1. The molecular weight excluding hydrogens is 218 g/mol. The second kappa shape index (κ2) is 5.89. The number of nitrogens with two attached hydrogens (primary N) is 1. The Labute approximate surface area is 91.4 Å². The highest BCUT2D eigenvalue weighted by molar-refractivity contribution is 7.96. The van der Waals surface area contributed by atoms with Crippen LogP contribution in [-0.4, -0.2) is 11.3 Å². The molecule has 0 aliphatic heterocycles. The molecule has 15 heavy (non-hydrogen) atoms. The first kappa shape index (κ1) is 11.3. The highest BCUT2D eigenvalue weighted by atomic mass is 32.1. The van der Waals surface area contributed by atoms with Gasteiger partial charge in [0, 0.05) is 0 Å². The van der Waals surface area contributed by atoms with E-state index < -0.39 is 5.24 Å². The molecule has 0 spiro atoms. The topological polar surface area (TPSA) is 85.9 Å². The third-order valence-corrected chi connectivity index (χ3v) is 1.34. The molecule has 1 rings (SSSR count). The fourth-order valence-corrected chi connectivity index (χ4v) is 0.785. The van der Waals surface area contributed by atoms with Crippen molar-refractivity contribution in [3.63, 3.8) is 0 Å². The summed E-state index contributed by atoms with van der Waals surface area (Å²) in [6.45, 7) is 0. The lowest BCUT2D eigenvalue weighted by atomic mass is 10.3. The van der Waals surface area contributed by atoms with E-state index >= 15 is 0 Å². The molecule has 0 unspecified atom stereocenters. The number of carbonyl (C=O) groups is 1. The molecule has 0 radical (unpaired) electrons. The standard InChI is InChI=1S/C8H9N3O3S/c9-7(13-14-11-8(12)15)10-6-4-2-1-3-5-6/h1-5H,(H2,9,10)(H2,11,12,15). The van der Waals surface area contributed by atoms with Gasteiger partial charge in [-0.3, -0.25) is 9.68 Å². The molecule has 0 aliphatic rings. The van der Waals surface area contributed by atoms with Crippen LogP contribution < -0.4 is 11.2 Å². The third-order valence-electron chi connectivity index (χ3n) is 1.25. The van der Waals surface area contributed by atoms with Gasteiger partial charge in [-0.25, -0.2) is 0 Å². The number of amidine groups is 1. The van der Waals surface area contributed by atoms with E-state index in [1.54, 1.807) is 29.7 Å². The van der Waals surface area contributed by atoms with Gasteiger partial charge in [-0.2, -0.15) is 10.5 Å². The smallest absolute Gasteiger partial charge is 0.327 e. The summed E-state index contributed by atoms with van der Waals surface area (Å²) in [5, 5.41) is -0.706. The lowest BCUT2D eigenvalue weighted by Gasteiger charge is -2.01. The molecule has 0 saturated heterocycles. The number of hydrogen-bond acceptors (Lipinski definition) is 4. The molecule has 1 aromatic carbocycles. The molecule has 6 nitrogen and oxygen atoms in total. The van der Waals surface area contributed by atoms with E-state index in [4.69, 9.17) is 5.73 Å². The van der Waals surface area contributed by atoms with Crippen LogP contribution in [0, 0.1) is 0 Å². The predicted molar refractivity (Wildman–Crippen MR) is 57.4 cm³/mol. The average Bonchev–Trinajstić information content (AvgIpc) is 2.18. The van der Waals surface area contributed by atoms with Gasteiger partial charge >= 0.3 is 11.3 Å². The highest BCUT2D eigenvalue weighted by Gasteiger charge is 1.97. The molecule has 0 fully saturated rings. The largest absolute Gasteiger partial charge is 0.351 e. The molecular formula is C8H9N3O3S. The molecule has 0 heterocycles. The molecule has 1 aromatic rings. The van der Waals surface area contributed by atoms with Crippen LogP contribution >= 0.6 is 12.6 Å². The van der Waals surface area contributed by atoms with Gasteiger partial charge < -0.3 is 5.73 Å². The van der Waals surface area contributed by atoms with Gasteiger partial charge in [0.1, 0.15) is 0 Å². The number of hydroxylamine groups is 1. The summed E-state index contributed by atoms with van der Waals surface area (Å²) in [5.41, 5.74) is 7.73. The van der Waals surface area contributed by atoms with E-state index in [-0.39, 0.29) is 6.02 Å². The van der Waals surface area contributed by atoms with E-state index in [1.165, 1.54) is 0 Å². The molecule has 0 saturated carbocycles. The van der Waals surface area contributed by atoms with Gasteiger partial charge in [-0.15, -0.1) is 0 Å². The number of nitrogens with one attached hydrogen (secondary N) is 1. The Kier molecular flexibility index (Phi) is 4.45. The maximum atomic E-state index is 10.3. The molecule has 7 heteroatoms. The average molecular weight is 227 g/mol. The summed E-state index contributed by atoms with van der Waals surface area (Å²) >= 11 is 3.36. The van der Waals surface area contributed by atoms with Crippen molar-refractivity contribution < 1.29 is 14.7 Å². The van der Waals surface area contributed by atoms with Crippen LogP contribution in [0.4, 0.5) is 10.5 Å². The zero-order valence-corrected chi connectivity index (χ0v) is 8.48. The Balaban J connectivity index is 2.43. The molecule has 3 N–H and O–H groups in total. The van der Waals surface area contributed by atoms with Crippen molar-refractivity contribution >= 4 is 29.6 Å². The van der Waals surface area contributed by atoms with Crippen molar-refractivity contribution in [2.24, 2.45) is 10.7 Å². The number of para-hydroxylation sites is 1. The van der Waals surface area contributed by atoms with Crippen LogP contribution in [0.25, 0.3) is 0 Å². The van der Waals surface area contributed by atoms with Crippen molar-refractivity contribution in [3.05, 3.63) is 30.3 Å². The molecule has 1 amide bonds. The summed E-state index contributed by atoms with van der Waals surface area (Å²) in [6.07, 6.45) is 0. The second-order valence-electron chi connectivity index (χ2n) is 2.36. The molecule has 80 valence electrons. The fraction of sp³-hybridized carbons (Fsp3) is 0. The van der Waals surface area contributed by atoms with Crippen LogP contribution in [0.3, 0.4) is 0 Å². The number of hydrogen-bond donors (Lipinski definition) is 3. The predicted octanol–water partition coefficient (Wildman–Crippen LogP) is 1.14. The summed E-state index contributed by atoms with van der Waals surface area (Å²) in [4.78, 5) is 22.7. The van der Waals surface area contributed by atoms with Crippen LogP contribution in [0.2, 0.25) is 0 Å². The Morgan fingerprint density at radius 1 is 1.40 bits per heavy atom. The number of aliphatic imine (C=N–C) groups is 1. The Hall–Kier alpha value is -1.73. The SMILES string of the molecule is NC(=Nc1ccccc1)OONC(=O)S. The van der Waals surface area contributed by atoms with E-state index in [9.17, 15) is 4.79 Å². The van der Waals surface area contributed by atoms with Gasteiger partial charge in [0.25, 0.3) is 0 Å². The van der Waals surface area contributed by atoms with Crippen molar-refractivity contribution in [3.8, 4) is 0 Å². The van der Waals surface area contributed by atoms with Gasteiger partial charge in [0.2, 0.25) is 0 Å². The molecule has 0 aromatic heterocycles. The fourth-order valence-electron chi connectivity index (χ4n) is 0.748. The van der Waals surface area contributed by atoms with E-state index in [0.717, 1.165) is 0 Å². The summed E-state index contributed by atoms with van der Waals surface area (Å²) in [7, 11) is 0. The highest BCUT2D eigenvalue weighted by Crippen LogP contribution is 2.09. The van der Waals surface area contributed by atoms with E-state index in [0.29, 0.717) is 5.69 Å². The summed E-state index contributed by atoms with van der Waals surface area (Å²) in [5.74, 6) is 0. The zero-order valence-electron chi connectivity index (χ0n) is 7.58. The first-order valence-electron chi connectivity index (χ1n) is 3.90. The monoisotopic (exact) mass is 227 g/mol. The maximum absolute atomic E-state index is 10.3. The molecule has 0 bridgehead atoms. The van der Waals surface area contributed by atoms with Crippen molar-refractivity contribution in [1.29, 1.82) is 0 Å². The number of thiol groups is 1. The van der Waals surface area contributed by atoms with Gasteiger partial charge in [0.15, 0.2) is 0 Å². The minimum Gasteiger partial charge on any atom is -0.351 e. The van der Waals surface area contributed by atoms with Crippen molar-refractivity contribution in [2.45, 2.75) is 0 Å². The van der Waals surface area contributed by atoms with Crippen LogP contribution in [0.15, 0.2) is 35.3 Å². The zero-order chi connectivity index (χ0) is 11.1. The van der Waals surface area contributed by atoms with E-state index in [2.05, 4.69) is 27.5 Å². The number of amides is 1. The van der Waals surface area contributed by atoms with Crippen LogP contribution in [0.1, 0.15) is 0 Å². The van der Waals surface area contributed by atoms with Crippen LogP contribution in [-0.2, 0) is 9.88 Å². The lowest BCUT2D eigenvalue weighted by molar-refractivity contribution is -0.256. The first-order valence-corrected chi connectivity index (χ1v) is 4.35. The van der Waals surface area contributed by atoms with Crippen molar-refractivity contribution in [1.82, 2.24) is 5.48 Å². The minimum atomic E-state index is -0.706. The second-order valence-corrected chi connectivity index (χ2v) is 2.77. The van der Waals surface area contributed by atoms with Crippen molar-refractivity contribution in [2.75, 3.05) is 0 Å². The molecule has 0 atom stereocenters.